The Balaban J connectivity index is 0.00000161. The normalized spacial score (nSPS) is 25.1. The van der Waals surface area contributed by atoms with Gasteiger partial charge in [-0.3, -0.25) is 0 Å². The van der Waals surface area contributed by atoms with Crippen molar-refractivity contribution in [3.8, 4) is 0 Å². The van der Waals surface area contributed by atoms with E-state index in [9.17, 15) is 5.11 Å². The van der Waals surface area contributed by atoms with E-state index in [1.165, 1.54) is 11.2 Å². The summed E-state index contributed by atoms with van der Waals surface area (Å²) in [6.45, 7) is 2.67. The lowest BCUT2D eigenvalue weighted by Gasteiger charge is -2.11. The molecule has 5 N–H and O–H groups in total. The van der Waals surface area contributed by atoms with Crippen LogP contribution < -0.4 is 23.0 Å². The number of anilines is 1. The molecule has 2 aromatic rings. The number of halogens is 1. The minimum absolute atomic E-state index is 0. The van der Waals surface area contributed by atoms with Gasteiger partial charge in [0.05, 0.1) is 12.1 Å². The fourth-order valence-corrected chi connectivity index (χ4v) is 3.77. The Morgan fingerprint density at radius 1 is 1.48 bits per heavy atom. The molecule has 1 unspecified atom stereocenters. The Hall–Kier alpha value is -1.02. The second-order valence-corrected chi connectivity index (χ2v) is 6.32. The molecule has 0 amide bonds. The third kappa shape index (κ3) is 3.26. The van der Waals surface area contributed by atoms with Crippen LogP contribution in [-0.2, 0) is 6.54 Å². The highest BCUT2D eigenvalue weighted by Crippen LogP contribution is 2.19. The molecule has 0 bridgehead atoms. The fourth-order valence-electron chi connectivity index (χ4n) is 3.00. The van der Waals surface area contributed by atoms with E-state index >= 15 is 0 Å². The van der Waals surface area contributed by atoms with E-state index in [1.54, 1.807) is 11.8 Å². The van der Waals surface area contributed by atoms with Crippen molar-refractivity contribution in [1.82, 2.24) is 15.0 Å². The lowest BCUT2D eigenvalue weighted by atomic mass is 10.1. The SMILES string of the molecule is CSC[C@H]1C[NH+](Cc2c[nH]c3c(N)ncnc23)C[C@@H]1O.[Cl-]. The number of aliphatic hydroxyl groups excluding tert-OH is 1. The number of H-pyrrole nitrogens is 1. The summed E-state index contributed by atoms with van der Waals surface area (Å²) in [5.41, 5.74) is 8.67. The van der Waals surface area contributed by atoms with Crippen molar-refractivity contribution >= 4 is 28.6 Å². The van der Waals surface area contributed by atoms with Gasteiger partial charge in [0.1, 0.15) is 36.6 Å². The van der Waals surface area contributed by atoms with Gasteiger partial charge in [0.15, 0.2) is 5.82 Å². The maximum Gasteiger partial charge on any atom is 0.151 e. The highest BCUT2D eigenvalue weighted by atomic mass is 35.5. The first-order valence-electron chi connectivity index (χ1n) is 6.76. The Labute approximate surface area is 133 Å². The van der Waals surface area contributed by atoms with Crippen molar-refractivity contribution in [3.63, 3.8) is 0 Å². The number of hydrogen-bond donors (Lipinski definition) is 4. The van der Waals surface area contributed by atoms with Crippen molar-refractivity contribution < 1.29 is 22.4 Å². The number of nitrogens with one attached hydrogen (secondary N) is 2. The predicted octanol–water partition coefficient (Wildman–Crippen LogP) is -3.72. The van der Waals surface area contributed by atoms with E-state index in [2.05, 4.69) is 21.2 Å². The van der Waals surface area contributed by atoms with Crippen molar-refractivity contribution in [2.45, 2.75) is 12.6 Å². The van der Waals surface area contributed by atoms with Crippen LogP contribution in [0.2, 0.25) is 0 Å². The average Bonchev–Trinajstić information content (AvgIpc) is 2.97. The minimum Gasteiger partial charge on any atom is -1.00 e. The Morgan fingerprint density at radius 2 is 2.29 bits per heavy atom. The fraction of sp³-hybridized carbons (Fsp3) is 0.538. The quantitative estimate of drug-likeness (QED) is 0.463. The lowest BCUT2D eigenvalue weighted by molar-refractivity contribution is -0.903. The zero-order valence-electron chi connectivity index (χ0n) is 11.8. The molecule has 1 fully saturated rings. The Kier molecular flexibility index (Phi) is 5.32. The van der Waals surface area contributed by atoms with Crippen LogP contribution in [0.25, 0.3) is 11.0 Å². The maximum atomic E-state index is 10.1. The molecular formula is C13H20ClN5OS. The van der Waals surface area contributed by atoms with Crippen LogP contribution in [0.3, 0.4) is 0 Å². The molecule has 0 spiro atoms. The molecular weight excluding hydrogens is 310 g/mol. The number of hydrogen-bond acceptors (Lipinski definition) is 5. The molecule has 116 valence electrons. The molecule has 0 aromatic carbocycles. The first kappa shape index (κ1) is 16.4. The monoisotopic (exact) mass is 329 g/mol. The van der Waals surface area contributed by atoms with E-state index in [1.807, 2.05) is 6.20 Å². The lowest BCUT2D eigenvalue weighted by Crippen LogP contribution is -3.09. The third-order valence-corrected chi connectivity index (χ3v) is 4.75. The molecule has 0 radical (unpaired) electrons. The minimum atomic E-state index is -0.192. The number of aromatic amines is 1. The molecule has 2 aromatic heterocycles. The summed E-state index contributed by atoms with van der Waals surface area (Å²) < 4.78 is 0. The molecule has 1 aliphatic heterocycles. The summed E-state index contributed by atoms with van der Waals surface area (Å²) >= 11 is 1.80. The van der Waals surface area contributed by atoms with Crippen LogP contribution in [-0.4, -0.2) is 51.3 Å². The maximum absolute atomic E-state index is 10.1. The van der Waals surface area contributed by atoms with E-state index < -0.39 is 0 Å². The summed E-state index contributed by atoms with van der Waals surface area (Å²) in [5, 5.41) is 10.1. The number of likely N-dealkylation sites (tertiary alicyclic amines) is 1. The molecule has 0 saturated carbocycles. The van der Waals surface area contributed by atoms with Crippen molar-refractivity contribution in [1.29, 1.82) is 0 Å². The number of nitrogens with zero attached hydrogens (tertiary/aromatic N) is 2. The smallest absolute Gasteiger partial charge is 0.151 e. The third-order valence-electron chi connectivity index (χ3n) is 3.99. The van der Waals surface area contributed by atoms with Crippen LogP contribution in [0, 0.1) is 5.92 Å². The predicted molar refractivity (Wildman–Crippen MR) is 80.6 cm³/mol. The van der Waals surface area contributed by atoms with E-state index in [0.717, 1.165) is 42.0 Å². The van der Waals surface area contributed by atoms with Crippen molar-refractivity contribution in [3.05, 3.63) is 18.1 Å². The van der Waals surface area contributed by atoms with Crippen molar-refractivity contribution in [2.75, 3.05) is 30.8 Å². The second-order valence-electron chi connectivity index (χ2n) is 5.41. The molecule has 3 heterocycles. The van der Waals surface area contributed by atoms with E-state index in [0.29, 0.717) is 11.7 Å². The second kappa shape index (κ2) is 6.83. The number of rotatable bonds is 4. The Morgan fingerprint density at radius 3 is 3.05 bits per heavy atom. The largest absolute Gasteiger partial charge is 1.00 e. The van der Waals surface area contributed by atoms with Gasteiger partial charge in [-0.05, 0) is 6.26 Å². The van der Waals surface area contributed by atoms with Gasteiger partial charge < -0.3 is 33.1 Å². The molecule has 0 aliphatic carbocycles. The van der Waals surface area contributed by atoms with E-state index in [-0.39, 0.29) is 18.5 Å². The van der Waals surface area contributed by atoms with Gasteiger partial charge in [-0.25, -0.2) is 9.97 Å². The highest BCUT2D eigenvalue weighted by Gasteiger charge is 2.34. The summed E-state index contributed by atoms with van der Waals surface area (Å²) in [6, 6.07) is 0. The summed E-state index contributed by atoms with van der Waals surface area (Å²) in [7, 11) is 0. The van der Waals surface area contributed by atoms with Gasteiger partial charge in [-0.1, -0.05) is 0 Å². The van der Waals surface area contributed by atoms with Crippen LogP contribution in [0.5, 0.6) is 0 Å². The number of nitrogen functional groups attached to an aromatic ring is 1. The van der Waals surface area contributed by atoms with Gasteiger partial charge in [-0.15, -0.1) is 0 Å². The first-order chi connectivity index (χ1) is 9.69. The number of aromatic nitrogens is 3. The van der Waals surface area contributed by atoms with Crippen molar-refractivity contribution in [2.24, 2.45) is 5.92 Å². The van der Waals surface area contributed by atoms with Crippen LogP contribution >= 0.6 is 11.8 Å². The van der Waals surface area contributed by atoms with Gasteiger partial charge in [0, 0.05) is 17.9 Å². The molecule has 8 heteroatoms. The molecule has 1 saturated heterocycles. The van der Waals surface area contributed by atoms with Crippen LogP contribution in [0.4, 0.5) is 5.82 Å². The Bertz CT molecular complexity index is 607. The summed E-state index contributed by atoms with van der Waals surface area (Å²) in [5.74, 6) is 1.90. The number of thioether (sulfide) groups is 1. The van der Waals surface area contributed by atoms with E-state index in [4.69, 9.17) is 5.73 Å². The summed E-state index contributed by atoms with van der Waals surface area (Å²) in [4.78, 5) is 12.8. The number of nitrogens with two attached hydrogens (primary N) is 1. The van der Waals surface area contributed by atoms with Crippen LogP contribution in [0.1, 0.15) is 5.56 Å². The molecule has 3 rings (SSSR count). The van der Waals surface area contributed by atoms with Gasteiger partial charge in [0.2, 0.25) is 0 Å². The zero-order chi connectivity index (χ0) is 14.1. The average molecular weight is 330 g/mol. The standard InChI is InChI=1S/C13H19N5OS.ClH/c1-20-6-9-4-18(5-10(9)19)3-8-2-15-12-11(8)16-7-17-13(12)14;/h2,7,9-10,15,19H,3-6H2,1H3,(H2,14,16,17);1H/t9-,10+;/m1./s1. The molecule has 6 nitrogen and oxygen atoms in total. The van der Waals surface area contributed by atoms with Gasteiger partial charge in [0.25, 0.3) is 0 Å². The number of aliphatic hydroxyl groups is 1. The zero-order valence-corrected chi connectivity index (χ0v) is 13.4. The first-order valence-corrected chi connectivity index (χ1v) is 8.15. The van der Waals surface area contributed by atoms with Gasteiger partial charge >= 0.3 is 0 Å². The number of quaternary nitrogens is 1. The number of fused-ring (bicyclic) bond motifs is 1. The topological polar surface area (TPSA) is 92.3 Å². The molecule has 3 atom stereocenters. The molecule has 21 heavy (non-hydrogen) atoms. The summed E-state index contributed by atoms with van der Waals surface area (Å²) in [6.07, 6.45) is 5.35. The highest BCUT2D eigenvalue weighted by molar-refractivity contribution is 7.98. The van der Waals surface area contributed by atoms with Gasteiger partial charge in [-0.2, -0.15) is 11.8 Å². The molecule has 1 aliphatic rings. The van der Waals surface area contributed by atoms with Crippen LogP contribution in [0.15, 0.2) is 12.5 Å².